The van der Waals surface area contributed by atoms with Crippen molar-refractivity contribution in [3.63, 3.8) is 0 Å². The predicted molar refractivity (Wildman–Crippen MR) is 74.8 cm³/mol. The van der Waals surface area contributed by atoms with Crippen LogP contribution >= 0.6 is 12.4 Å². The van der Waals surface area contributed by atoms with Crippen molar-refractivity contribution in [3.8, 4) is 0 Å². The Morgan fingerprint density at radius 1 is 1.39 bits per heavy atom. The summed E-state index contributed by atoms with van der Waals surface area (Å²) in [6.07, 6.45) is 0.831. The molecule has 1 heterocycles. The summed E-state index contributed by atoms with van der Waals surface area (Å²) in [7, 11) is -3.15. The standard InChI is InChI=1S/C11H22N2O3S.ClH/c1-11(2,3)17(15,16)7-6-13-10(14)9-4-5-12-8-9;/h9,12H,4-8H2,1-3H3,(H,13,14);1H. The Hall–Kier alpha value is -0.330. The van der Waals surface area contributed by atoms with Crippen LogP contribution in [0.5, 0.6) is 0 Å². The van der Waals surface area contributed by atoms with Gasteiger partial charge in [-0.15, -0.1) is 12.4 Å². The Kier molecular flexibility index (Phi) is 6.60. The summed E-state index contributed by atoms with van der Waals surface area (Å²) in [4.78, 5) is 11.6. The lowest BCUT2D eigenvalue weighted by Gasteiger charge is -2.19. The van der Waals surface area contributed by atoms with E-state index in [1.165, 1.54) is 0 Å². The van der Waals surface area contributed by atoms with E-state index in [9.17, 15) is 13.2 Å². The summed E-state index contributed by atoms with van der Waals surface area (Å²) < 4.78 is 22.8. The highest BCUT2D eigenvalue weighted by atomic mass is 35.5. The van der Waals surface area contributed by atoms with E-state index >= 15 is 0 Å². The average molecular weight is 299 g/mol. The van der Waals surface area contributed by atoms with Crippen LogP contribution in [0.1, 0.15) is 27.2 Å². The first-order valence-corrected chi connectivity index (χ1v) is 7.60. The zero-order valence-corrected chi connectivity index (χ0v) is 12.8. The molecular formula is C11H23ClN2O3S. The molecule has 1 fully saturated rings. The number of sulfone groups is 1. The molecule has 2 N–H and O–H groups in total. The number of nitrogens with one attached hydrogen (secondary N) is 2. The van der Waals surface area contributed by atoms with Gasteiger partial charge in [-0.1, -0.05) is 0 Å². The molecule has 7 heteroatoms. The van der Waals surface area contributed by atoms with Crippen LogP contribution in [0, 0.1) is 5.92 Å². The second kappa shape index (κ2) is 6.73. The highest BCUT2D eigenvalue weighted by Gasteiger charge is 2.29. The van der Waals surface area contributed by atoms with Gasteiger partial charge in [0.1, 0.15) is 0 Å². The third-order valence-electron chi connectivity index (χ3n) is 3.03. The van der Waals surface area contributed by atoms with Crippen molar-refractivity contribution in [2.24, 2.45) is 5.92 Å². The fourth-order valence-corrected chi connectivity index (χ4v) is 2.62. The van der Waals surface area contributed by atoms with E-state index in [1.807, 2.05) is 0 Å². The van der Waals surface area contributed by atoms with Gasteiger partial charge < -0.3 is 10.6 Å². The number of carbonyl (C=O) groups excluding carboxylic acids is 1. The minimum absolute atomic E-state index is 0. The summed E-state index contributed by atoms with van der Waals surface area (Å²) in [6, 6.07) is 0. The molecule has 0 aliphatic carbocycles. The molecule has 0 bridgehead atoms. The third-order valence-corrected chi connectivity index (χ3v) is 5.64. The lowest BCUT2D eigenvalue weighted by Crippen LogP contribution is -2.38. The second-order valence-electron chi connectivity index (χ2n) is 5.41. The molecule has 1 unspecified atom stereocenters. The molecule has 18 heavy (non-hydrogen) atoms. The van der Waals surface area contributed by atoms with Crippen molar-refractivity contribution in [1.82, 2.24) is 10.6 Å². The van der Waals surface area contributed by atoms with Crippen LogP contribution in [0.3, 0.4) is 0 Å². The van der Waals surface area contributed by atoms with Gasteiger partial charge in [-0.3, -0.25) is 4.79 Å². The van der Waals surface area contributed by atoms with E-state index < -0.39 is 14.6 Å². The lowest BCUT2D eigenvalue weighted by molar-refractivity contribution is -0.124. The van der Waals surface area contributed by atoms with Crippen molar-refractivity contribution in [1.29, 1.82) is 0 Å². The highest BCUT2D eigenvalue weighted by molar-refractivity contribution is 7.92. The van der Waals surface area contributed by atoms with Gasteiger partial charge in [-0.2, -0.15) is 0 Å². The van der Waals surface area contributed by atoms with E-state index in [2.05, 4.69) is 10.6 Å². The van der Waals surface area contributed by atoms with Gasteiger partial charge in [-0.05, 0) is 33.7 Å². The first kappa shape index (κ1) is 17.7. The lowest BCUT2D eigenvalue weighted by atomic mass is 10.1. The minimum atomic E-state index is -3.15. The first-order valence-electron chi connectivity index (χ1n) is 5.95. The number of carbonyl (C=O) groups is 1. The normalized spacial score (nSPS) is 20.3. The van der Waals surface area contributed by atoms with Gasteiger partial charge in [0.25, 0.3) is 0 Å². The molecule has 0 aromatic carbocycles. The van der Waals surface area contributed by atoms with E-state index in [-0.39, 0.29) is 36.5 Å². The molecule has 0 saturated carbocycles. The van der Waals surface area contributed by atoms with E-state index in [0.29, 0.717) is 6.54 Å². The summed E-state index contributed by atoms with van der Waals surface area (Å²) in [5, 5.41) is 5.80. The van der Waals surface area contributed by atoms with Crippen molar-refractivity contribution in [3.05, 3.63) is 0 Å². The molecule has 1 saturated heterocycles. The average Bonchev–Trinajstić information content (AvgIpc) is 2.67. The Labute approximate surface area is 115 Å². The summed E-state index contributed by atoms with van der Waals surface area (Å²) in [5.74, 6) is -0.0472. The number of amides is 1. The van der Waals surface area contributed by atoms with Gasteiger partial charge in [0.2, 0.25) is 5.91 Å². The number of halogens is 1. The number of hydrogen-bond acceptors (Lipinski definition) is 4. The molecule has 1 atom stereocenters. The third kappa shape index (κ3) is 4.74. The van der Waals surface area contributed by atoms with Crippen LogP contribution < -0.4 is 10.6 Å². The quantitative estimate of drug-likeness (QED) is 0.785. The maximum absolute atomic E-state index is 11.8. The predicted octanol–water partition coefficient (Wildman–Crippen LogP) is 0.347. The molecule has 1 amide bonds. The Balaban J connectivity index is 0.00000289. The highest BCUT2D eigenvalue weighted by Crippen LogP contribution is 2.15. The number of hydrogen-bond donors (Lipinski definition) is 2. The maximum Gasteiger partial charge on any atom is 0.224 e. The van der Waals surface area contributed by atoms with Crippen LogP contribution in [0.4, 0.5) is 0 Å². The zero-order chi connectivity index (χ0) is 13.1. The summed E-state index contributed by atoms with van der Waals surface area (Å²) >= 11 is 0. The van der Waals surface area contributed by atoms with Crippen LogP contribution in [0.25, 0.3) is 0 Å². The summed E-state index contributed by atoms with van der Waals surface area (Å²) in [6.45, 7) is 6.77. The molecule has 0 radical (unpaired) electrons. The topological polar surface area (TPSA) is 75.3 Å². The minimum Gasteiger partial charge on any atom is -0.355 e. The molecular weight excluding hydrogens is 276 g/mol. The molecule has 5 nitrogen and oxygen atoms in total. The molecule has 108 valence electrons. The fraction of sp³-hybridized carbons (Fsp3) is 0.909. The van der Waals surface area contributed by atoms with Gasteiger partial charge in [0.05, 0.1) is 16.4 Å². The van der Waals surface area contributed by atoms with E-state index in [1.54, 1.807) is 20.8 Å². The monoisotopic (exact) mass is 298 g/mol. The van der Waals surface area contributed by atoms with Gasteiger partial charge in [-0.25, -0.2) is 8.42 Å². The van der Waals surface area contributed by atoms with E-state index in [4.69, 9.17) is 0 Å². The molecule has 0 aromatic heterocycles. The van der Waals surface area contributed by atoms with Crippen molar-refractivity contribution >= 4 is 28.2 Å². The molecule has 1 rings (SSSR count). The van der Waals surface area contributed by atoms with Gasteiger partial charge in [0.15, 0.2) is 9.84 Å². The Morgan fingerprint density at radius 2 is 2.00 bits per heavy atom. The first-order chi connectivity index (χ1) is 7.74. The van der Waals surface area contributed by atoms with Gasteiger partial charge >= 0.3 is 0 Å². The Morgan fingerprint density at radius 3 is 2.44 bits per heavy atom. The van der Waals surface area contributed by atoms with Crippen LogP contribution in [0.2, 0.25) is 0 Å². The fourth-order valence-electron chi connectivity index (χ4n) is 1.64. The maximum atomic E-state index is 11.8. The van der Waals surface area contributed by atoms with Crippen LogP contribution in [-0.4, -0.2) is 44.5 Å². The molecule has 0 spiro atoms. The second-order valence-corrected chi connectivity index (χ2v) is 8.27. The van der Waals surface area contributed by atoms with Crippen molar-refractivity contribution < 1.29 is 13.2 Å². The van der Waals surface area contributed by atoms with Gasteiger partial charge in [0, 0.05) is 13.1 Å². The zero-order valence-electron chi connectivity index (χ0n) is 11.2. The smallest absolute Gasteiger partial charge is 0.224 e. The molecule has 0 aromatic rings. The molecule has 1 aliphatic heterocycles. The van der Waals surface area contributed by atoms with E-state index in [0.717, 1.165) is 13.0 Å². The summed E-state index contributed by atoms with van der Waals surface area (Å²) in [5.41, 5.74) is 0. The SMILES string of the molecule is CC(C)(C)S(=O)(=O)CCNC(=O)C1CCNC1.Cl. The number of rotatable bonds is 4. The molecule has 1 aliphatic rings. The van der Waals surface area contributed by atoms with Crippen molar-refractivity contribution in [2.45, 2.75) is 31.9 Å². The Bertz CT molecular complexity index is 370. The largest absolute Gasteiger partial charge is 0.355 e. The van der Waals surface area contributed by atoms with Crippen LogP contribution in [0.15, 0.2) is 0 Å². The van der Waals surface area contributed by atoms with Crippen LogP contribution in [-0.2, 0) is 14.6 Å². The van der Waals surface area contributed by atoms with Crippen molar-refractivity contribution in [2.75, 3.05) is 25.4 Å².